The summed E-state index contributed by atoms with van der Waals surface area (Å²) in [6, 6.07) is 10.2. The molecule has 1 aliphatic heterocycles. The van der Waals surface area contributed by atoms with Gasteiger partial charge in [-0.2, -0.15) is 0 Å². The quantitative estimate of drug-likeness (QED) is 0.942. The Hall–Kier alpha value is -1.36. The van der Waals surface area contributed by atoms with Gasteiger partial charge >= 0.3 is 0 Å². The zero-order valence-electron chi connectivity index (χ0n) is 12.2. The number of ether oxygens (including phenoxy) is 1. The number of nitrogens with one attached hydrogen (secondary N) is 1. The van der Waals surface area contributed by atoms with Crippen LogP contribution in [0.4, 0.5) is 5.82 Å². The lowest BCUT2D eigenvalue weighted by molar-refractivity contribution is 0.0368. The summed E-state index contributed by atoms with van der Waals surface area (Å²) in [5, 5.41) is 5.21. The van der Waals surface area contributed by atoms with Crippen molar-refractivity contribution in [1.29, 1.82) is 0 Å². The molecule has 2 heterocycles. The molecule has 1 atom stereocenters. The first-order chi connectivity index (χ1) is 10.2. The van der Waals surface area contributed by atoms with Gasteiger partial charge in [-0.1, -0.05) is 23.7 Å². The largest absolute Gasteiger partial charge is 0.379 e. The van der Waals surface area contributed by atoms with E-state index >= 15 is 0 Å². The summed E-state index contributed by atoms with van der Waals surface area (Å²) in [6.07, 6.45) is 0. The molecule has 1 aliphatic rings. The lowest BCUT2D eigenvalue weighted by atomic mass is 10.2. The Bertz CT molecular complexity index is 613. The minimum Gasteiger partial charge on any atom is -0.379 e. The molecule has 0 radical (unpaired) electrons. The molecule has 0 aliphatic carbocycles. The highest BCUT2D eigenvalue weighted by Gasteiger charge is 2.14. The number of anilines is 1. The topological polar surface area (TPSA) is 37.4 Å². The number of hydrogen-bond acceptors (Lipinski definition) is 4. The van der Waals surface area contributed by atoms with Crippen molar-refractivity contribution in [2.75, 3.05) is 38.2 Å². The average molecular weight is 306 g/mol. The van der Waals surface area contributed by atoms with Crippen molar-refractivity contribution in [3.05, 3.63) is 35.4 Å². The Morgan fingerprint density at radius 2 is 2.10 bits per heavy atom. The normalized spacial score (nSPS) is 17.8. The van der Waals surface area contributed by atoms with E-state index in [4.69, 9.17) is 16.3 Å². The van der Waals surface area contributed by atoms with Crippen LogP contribution < -0.4 is 5.32 Å². The first kappa shape index (κ1) is 14.6. The third-order valence-corrected chi connectivity index (χ3v) is 4.01. The summed E-state index contributed by atoms with van der Waals surface area (Å²) >= 11 is 6.21. The summed E-state index contributed by atoms with van der Waals surface area (Å²) in [5.74, 6) is 0.872. The van der Waals surface area contributed by atoms with Gasteiger partial charge in [0.1, 0.15) is 5.82 Å². The van der Waals surface area contributed by atoms with Crippen molar-refractivity contribution in [3.8, 4) is 0 Å². The molecule has 112 valence electrons. The van der Waals surface area contributed by atoms with Crippen molar-refractivity contribution in [1.82, 2.24) is 9.88 Å². The zero-order chi connectivity index (χ0) is 14.7. The Labute approximate surface area is 130 Å². The van der Waals surface area contributed by atoms with Crippen LogP contribution in [0.25, 0.3) is 10.9 Å². The summed E-state index contributed by atoms with van der Waals surface area (Å²) in [6.45, 7) is 6.83. The molecule has 1 N–H and O–H groups in total. The van der Waals surface area contributed by atoms with Gasteiger partial charge in [-0.15, -0.1) is 0 Å². The van der Waals surface area contributed by atoms with E-state index in [1.165, 1.54) is 0 Å². The van der Waals surface area contributed by atoms with E-state index in [9.17, 15) is 0 Å². The molecule has 0 bridgehead atoms. The van der Waals surface area contributed by atoms with E-state index < -0.39 is 0 Å². The molecule has 5 heteroatoms. The van der Waals surface area contributed by atoms with Crippen LogP contribution in [0.1, 0.15) is 6.92 Å². The summed E-state index contributed by atoms with van der Waals surface area (Å²) in [4.78, 5) is 7.03. The maximum Gasteiger partial charge on any atom is 0.126 e. The van der Waals surface area contributed by atoms with Crippen LogP contribution in [0.2, 0.25) is 5.02 Å². The van der Waals surface area contributed by atoms with Crippen LogP contribution in [-0.4, -0.2) is 48.8 Å². The Morgan fingerprint density at radius 3 is 2.90 bits per heavy atom. The van der Waals surface area contributed by atoms with Gasteiger partial charge in [-0.25, -0.2) is 4.98 Å². The van der Waals surface area contributed by atoms with Crippen LogP contribution in [0, 0.1) is 0 Å². The molecule has 1 aromatic carbocycles. The van der Waals surface area contributed by atoms with Crippen LogP contribution in [-0.2, 0) is 4.74 Å². The number of para-hydroxylation sites is 1. The molecular weight excluding hydrogens is 286 g/mol. The highest BCUT2D eigenvalue weighted by molar-refractivity contribution is 6.35. The second kappa shape index (κ2) is 6.60. The van der Waals surface area contributed by atoms with Crippen LogP contribution in [0.15, 0.2) is 30.3 Å². The standard InChI is InChI=1S/C16H20ClN3O/c1-12(11-20-7-9-21-10-8-20)18-15-6-5-13-3-2-4-14(17)16(13)19-15/h2-6,12H,7-11H2,1H3,(H,18,19). The highest BCUT2D eigenvalue weighted by atomic mass is 35.5. The van der Waals surface area contributed by atoms with Crippen molar-refractivity contribution in [3.63, 3.8) is 0 Å². The number of hydrogen-bond donors (Lipinski definition) is 1. The van der Waals surface area contributed by atoms with Gasteiger partial charge in [0, 0.05) is 31.1 Å². The van der Waals surface area contributed by atoms with Gasteiger partial charge in [0.15, 0.2) is 0 Å². The minimum absolute atomic E-state index is 0.329. The molecule has 2 aromatic rings. The Morgan fingerprint density at radius 1 is 1.29 bits per heavy atom. The first-order valence-electron chi connectivity index (χ1n) is 7.34. The van der Waals surface area contributed by atoms with E-state index in [0.717, 1.165) is 49.6 Å². The molecule has 0 amide bonds. The number of nitrogens with zero attached hydrogens (tertiary/aromatic N) is 2. The molecule has 4 nitrogen and oxygen atoms in total. The van der Waals surface area contributed by atoms with Crippen molar-refractivity contribution in [2.24, 2.45) is 0 Å². The predicted octanol–water partition coefficient (Wildman–Crippen LogP) is 3.02. The smallest absolute Gasteiger partial charge is 0.126 e. The number of pyridine rings is 1. The number of morpholine rings is 1. The predicted molar refractivity (Wildman–Crippen MR) is 87.1 cm³/mol. The molecular formula is C16H20ClN3O. The average Bonchev–Trinajstić information content (AvgIpc) is 2.49. The summed E-state index contributed by atoms with van der Waals surface area (Å²) < 4.78 is 5.37. The van der Waals surface area contributed by atoms with Crippen LogP contribution in [0.5, 0.6) is 0 Å². The van der Waals surface area contributed by atoms with Gasteiger partial charge in [0.2, 0.25) is 0 Å². The zero-order valence-corrected chi connectivity index (χ0v) is 12.9. The Balaban J connectivity index is 1.67. The SMILES string of the molecule is CC(CN1CCOCC1)Nc1ccc2cccc(Cl)c2n1. The molecule has 1 saturated heterocycles. The van der Waals surface area contributed by atoms with Gasteiger partial charge < -0.3 is 10.1 Å². The number of benzene rings is 1. The lowest BCUT2D eigenvalue weighted by Gasteiger charge is -2.29. The lowest BCUT2D eigenvalue weighted by Crippen LogP contribution is -2.42. The van der Waals surface area contributed by atoms with Crippen molar-refractivity contribution in [2.45, 2.75) is 13.0 Å². The van der Waals surface area contributed by atoms with E-state index in [-0.39, 0.29) is 0 Å². The van der Waals surface area contributed by atoms with E-state index in [1.54, 1.807) is 0 Å². The van der Waals surface area contributed by atoms with E-state index in [0.29, 0.717) is 11.1 Å². The monoisotopic (exact) mass is 305 g/mol. The van der Waals surface area contributed by atoms with Crippen LogP contribution >= 0.6 is 11.6 Å². The minimum atomic E-state index is 0.329. The molecule has 0 saturated carbocycles. The molecule has 1 aromatic heterocycles. The number of halogens is 1. The Kier molecular flexibility index (Phi) is 4.58. The maximum atomic E-state index is 6.21. The molecule has 1 fully saturated rings. The number of fused-ring (bicyclic) bond motifs is 1. The summed E-state index contributed by atoms with van der Waals surface area (Å²) in [5.41, 5.74) is 0.850. The van der Waals surface area contributed by atoms with E-state index in [2.05, 4.69) is 28.2 Å². The fraction of sp³-hybridized carbons (Fsp3) is 0.438. The first-order valence-corrected chi connectivity index (χ1v) is 7.72. The third kappa shape index (κ3) is 3.64. The molecule has 21 heavy (non-hydrogen) atoms. The van der Waals surface area contributed by atoms with Gasteiger partial charge in [-0.05, 0) is 25.1 Å². The second-order valence-corrected chi connectivity index (χ2v) is 5.87. The fourth-order valence-electron chi connectivity index (χ4n) is 2.66. The van der Waals surface area contributed by atoms with Gasteiger partial charge in [-0.3, -0.25) is 4.90 Å². The molecule has 0 spiro atoms. The third-order valence-electron chi connectivity index (χ3n) is 3.70. The fourth-order valence-corrected chi connectivity index (χ4v) is 2.88. The number of rotatable bonds is 4. The number of aromatic nitrogens is 1. The van der Waals surface area contributed by atoms with Gasteiger partial charge in [0.05, 0.1) is 23.8 Å². The summed E-state index contributed by atoms with van der Waals surface area (Å²) in [7, 11) is 0. The van der Waals surface area contributed by atoms with Gasteiger partial charge in [0.25, 0.3) is 0 Å². The van der Waals surface area contributed by atoms with Crippen molar-refractivity contribution < 1.29 is 4.74 Å². The second-order valence-electron chi connectivity index (χ2n) is 5.47. The maximum absolute atomic E-state index is 6.21. The van der Waals surface area contributed by atoms with Crippen LogP contribution in [0.3, 0.4) is 0 Å². The molecule has 3 rings (SSSR count). The van der Waals surface area contributed by atoms with Crippen molar-refractivity contribution >= 4 is 28.3 Å². The highest BCUT2D eigenvalue weighted by Crippen LogP contribution is 2.23. The molecule has 1 unspecified atom stereocenters. The van der Waals surface area contributed by atoms with E-state index in [1.807, 2.05) is 24.3 Å².